The number of carbonyl (C=O) groups is 1. The van der Waals surface area contributed by atoms with E-state index in [0.717, 1.165) is 11.3 Å². The first-order chi connectivity index (χ1) is 11.1. The third kappa shape index (κ3) is 1.92. The van der Waals surface area contributed by atoms with Gasteiger partial charge in [-0.1, -0.05) is 12.1 Å². The molecule has 1 heterocycles. The third-order valence-corrected chi connectivity index (χ3v) is 5.29. The lowest BCUT2D eigenvalue weighted by molar-refractivity contribution is -0.0267. The molecule has 23 heavy (non-hydrogen) atoms. The Bertz CT molecular complexity index is 798. The van der Waals surface area contributed by atoms with E-state index in [1.165, 1.54) is 31.9 Å². The van der Waals surface area contributed by atoms with Crippen molar-refractivity contribution in [3.05, 3.63) is 29.3 Å². The van der Waals surface area contributed by atoms with E-state index in [1.54, 1.807) is 13.0 Å². The summed E-state index contributed by atoms with van der Waals surface area (Å²) in [7, 11) is 1.50. The Morgan fingerprint density at radius 3 is 2.70 bits per heavy atom. The number of ether oxygens (including phenoxy) is 2. The van der Waals surface area contributed by atoms with Crippen LogP contribution in [0.5, 0.6) is 5.88 Å². The number of nitrogen functional groups attached to an aromatic ring is 1. The molecule has 3 aliphatic rings. The molecule has 0 amide bonds. The van der Waals surface area contributed by atoms with Crippen molar-refractivity contribution in [2.45, 2.75) is 31.6 Å². The predicted molar refractivity (Wildman–Crippen MR) is 87.7 cm³/mol. The largest absolute Gasteiger partial charge is 0.480 e. The van der Waals surface area contributed by atoms with Crippen LogP contribution in [-0.4, -0.2) is 24.7 Å². The van der Waals surface area contributed by atoms with Crippen molar-refractivity contribution in [3.63, 3.8) is 0 Å². The molecule has 120 valence electrons. The maximum atomic E-state index is 12.1. The molecule has 2 aromatic rings. The van der Waals surface area contributed by atoms with E-state index >= 15 is 0 Å². The van der Waals surface area contributed by atoms with E-state index in [0.29, 0.717) is 23.4 Å². The Hall–Kier alpha value is -2.30. The third-order valence-electron chi connectivity index (χ3n) is 5.29. The number of hydrogen-bond acceptors (Lipinski definition) is 5. The van der Waals surface area contributed by atoms with Gasteiger partial charge in [-0.2, -0.15) is 0 Å². The lowest BCUT2D eigenvalue weighted by Gasteiger charge is -2.62. The van der Waals surface area contributed by atoms with Crippen LogP contribution in [0.25, 0.3) is 10.9 Å². The highest BCUT2D eigenvalue weighted by atomic mass is 16.5. The highest BCUT2D eigenvalue weighted by Crippen LogP contribution is 2.66. The van der Waals surface area contributed by atoms with Gasteiger partial charge in [0.25, 0.3) is 0 Å². The number of benzene rings is 1. The number of rotatable bonds is 4. The highest BCUT2D eigenvalue weighted by Gasteiger charge is 2.58. The second-order valence-electron chi connectivity index (χ2n) is 6.62. The first-order valence-corrected chi connectivity index (χ1v) is 8.03. The summed E-state index contributed by atoms with van der Waals surface area (Å²) in [5.41, 5.74) is 9.64. The Morgan fingerprint density at radius 2 is 2.13 bits per heavy atom. The van der Waals surface area contributed by atoms with E-state index in [1.807, 2.05) is 6.07 Å². The van der Waals surface area contributed by atoms with Gasteiger partial charge in [-0.25, -0.2) is 9.78 Å². The van der Waals surface area contributed by atoms with Crippen molar-refractivity contribution >= 4 is 22.6 Å². The van der Waals surface area contributed by atoms with Crippen LogP contribution in [0.2, 0.25) is 0 Å². The summed E-state index contributed by atoms with van der Waals surface area (Å²) in [4.78, 5) is 16.6. The summed E-state index contributed by atoms with van der Waals surface area (Å²) in [6.07, 6.45) is 3.71. The fourth-order valence-corrected chi connectivity index (χ4v) is 4.03. The van der Waals surface area contributed by atoms with Gasteiger partial charge in [0.05, 0.1) is 24.9 Å². The van der Waals surface area contributed by atoms with Crippen LogP contribution in [0.3, 0.4) is 0 Å². The first kappa shape index (κ1) is 14.3. The van der Waals surface area contributed by atoms with Crippen molar-refractivity contribution in [3.8, 4) is 5.88 Å². The number of methoxy groups -OCH3 is 1. The molecule has 3 aliphatic carbocycles. The number of carbonyl (C=O) groups excluding carboxylic acids is 1. The van der Waals surface area contributed by atoms with E-state index < -0.39 is 5.97 Å². The minimum atomic E-state index is -0.430. The molecule has 2 N–H and O–H groups in total. The van der Waals surface area contributed by atoms with E-state index in [2.05, 4.69) is 11.1 Å². The van der Waals surface area contributed by atoms with Crippen molar-refractivity contribution in [2.75, 3.05) is 19.5 Å². The van der Waals surface area contributed by atoms with Gasteiger partial charge in [-0.3, -0.25) is 0 Å². The van der Waals surface area contributed by atoms with E-state index in [9.17, 15) is 4.79 Å². The molecule has 3 fully saturated rings. The Balaban J connectivity index is 1.84. The van der Waals surface area contributed by atoms with Gasteiger partial charge in [0, 0.05) is 5.39 Å². The normalized spacial score (nSPS) is 24.7. The van der Waals surface area contributed by atoms with Crippen LogP contribution in [0, 0.1) is 5.92 Å². The minimum absolute atomic E-state index is 0.261. The summed E-state index contributed by atoms with van der Waals surface area (Å²) in [6, 6.07) is 5.84. The van der Waals surface area contributed by atoms with Crippen molar-refractivity contribution in [1.29, 1.82) is 0 Å². The molecule has 0 atom stereocenters. The Labute approximate surface area is 134 Å². The average molecular weight is 312 g/mol. The number of pyridine rings is 1. The number of nitrogens with two attached hydrogens (primary N) is 1. The van der Waals surface area contributed by atoms with Crippen LogP contribution >= 0.6 is 0 Å². The lowest BCUT2D eigenvalue weighted by atomic mass is 9.42. The molecule has 1 aromatic heterocycles. The second-order valence-corrected chi connectivity index (χ2v) is 6.62. The molecular formula is C18H20N2O3. The minimum Gasteiger partial charge on any atom is -0.480 e. The van der Waals surface area contributed by atoms with Gasteiger partial charge in [0.2, 0.25) is 5.88 Å². The topological polar surface area (TPSA) is 74.4 Å². The number of esters is 1. The summed E-state index contributed by atoms with van der Waals surface area (Å²) >= 11 is 0. The Morgan fingerprint density at radius 1 is 1.39 bits per heavy atom. The molecule has 0 radical (unpaired) electrons. The van der Waals surface area contributed by atoms with Crippen molar-refractivity contribution < 1.29 is 14.3 Å². The summed E-state index contributed by atoms with van der Waals surface area (Å²) in [6.45, 7) is 2.08. The molecule has 3 saturated carbocycles. The van der Waals surface area contributed by atoms with Gasteiger partial charge >= 0.3 is 5.97 Å². The highest BCUT2D eigenvalue weighted by molar-refractivity contribution is 6.00. The zero-order chi connectivity index (χ0) is 16.2. The average Bonchev–Trinajstić information content (AvgIpc) is 2.46. The van der Waals surface area contributed by atoms with Gasteiger partial charge < -0.3 is 15.2 Å². The van der Waals surface area contributed by atoms with Crippen molar-refractivity contribution in [1.82, 2.24) is 4.98 Å². The maximum Gasteiger partial charge on any atom is 0.343 e. The number of aromatic nitrogens is 1. The molecule has 0 aliphatic heterocycles. The summed E-state index contributed by atoms with van der Waals surface area (Å²) in [5.74, 6) is 0.719. The molecule has 0 unspecified atom stereocenters. The van der Waals surface area contributed by atoms with Gasteiger partial charge in [0.1, 0.15) is 5.56 Å². The second kappa shape index (κ2) is 4.85. The fourth-order valence-electron chi connectivity index (χ4n) is 4.03. The predicted octanol–water partition coefficient (Wildman–Crippen LogP) is 3.05. The first-order valence-electron chi connectivity index (χ1n) is 8.03. The van der Waals surface area contributed by atoms with Crippen molar-refractivity contribution in [2.24, 2.45) is 5.92 Å². The standard InChI is InChI=1S/C18H20N2O3/c1-3-23-17(21)12-6-11-4-5-13(18-7-10(8-18)9-18)14(19)15(11)20-16(12)22-2/h4-6,10H,3,7-9,19H2,1-2H3. The van der Waals surface area contributed by atoms with Gasteiger partial charge in [-0.05, 0) is 49.1 Å². The van der Waals surface area contributed by atoms with E-state index in [4.69, 9.17) is 15.2 Å². The molecule has 5 rings (SSSR count). The molecule has 5 heteroatoms. The van der Waals surface area contributed by atoms with Crippen LogP contribution < -0.4 is 10.5 Å². The number of anilines is 1. The van der Waals surface area contributed by atoms with Gasteiger partial charge in [0.15, 0.2) is 0 Å². The quantitative estimate of drug-likeness (QED) is 0.694. The lowest BCUT2D eigenvalue weighted by Crippen LogP contribution is -2.55. The van der Waals surface area contributed by atoms with Crippen LogP contribution in [0.4, 0.5) is 5.69 Å². The van der Waals surface area contributed by atoms with Crippen LogP contribution in [0.1, 0.15) is 42.1 Å². The molecular weight excluding hydrogens is 292 g/mol. The molecule has 0 saturated heterocycles. The molecule has 2 bridgehead atoms. The number of hydrogen-bond donors (Lipinski definition) is 1. The fraction of sp³-hybridized carbons (Fsp3) is 0.444. The van der Waals surface area contributed by atoms with Crippen LogP contribution in [-0.2, 0) is 10.2 Å². The van der Waals surface area contributed by atoms with Crippen LogP contribution in [0.15, 0.2) is 18.2 Å². The SMILES string of the molecule is CCOC(=O)c1cc2ccc(C34CC(C3)C4)c(N)c2nc1OC. The number of nitrogens with zero attached hydrogens (tertiary/aromatic N) is 1. The molecule has 0 spiro atoms. The molecule has 5 nitrogen and oxygen atoms in total. The summed E-state index contributed by atoms with van der Waals surface area (Å²) in [5, 5.41) is 0.835. The monoisotopic (exact) mass is 312 g/mol. The smallest absolute Gasteiger partial charge is 0.343 e. The Kier molecular flexibility index (Phi) is 3.01. The van der Waals surface area contributed by atoms with Gasteiger partial charge in [-0.15, -0.1) is 0 Å². The van der Waals surface area contributed by atoms with E-state index in [-0.39, 0.29) is 11.3 Å². The zero-order valence-electron chi connectivity index (χ0n) is 13.4. The maximum absolute atomic E-state index is 12.1. The molecule has 1 aromatic carbocycles. The number of fused-ring (bicyclic) bond motifs is 1. The summed E-state index contributed by atoms with van der Waals surface area (Å²) < 4.78 is 10.4. The zero-order valence-corrected chi connectivity index (χ0v) is 13.4.